The number of piperidine rings is 1. The second kappa shape index (κ2) is 11.4. The first-order valence-electron chi connectivity index (χ1n) is 13.7. The first-order valence-corrected chi connectivity index (χ1v) is 13.7. The summed E-state index contributed by atoms with van der Waals surface area (Å²) in [6.45, 7) is 17.1. The van der Waals surface area contributed by atoms with Crippen LogP contribution < -0.4 is 0 Å². The Hall–Kier alpha value is -2.70. The Labute approximate surface area is 222 Å². The molecule has 1 aliphatic heterocycles. The van der Waals surface area contributed by atoms with Gasteiger partial charge in [0.25, 0.3) is 0 Å². The normalized spacial score (nSPS) is 16.8. The van der Waals surface area contributed by atoms with Gasteiger partial charge in [-0.15, -0.1) is 0 Å². The van der Waals surface area contributed by atoms with E-state index in [0.717, 1.165) is 36.3 Å². The summed E-state index contributed by atoms with van der Waals surface area (Å²) in [7, 11) is 0. The van der Waals surface area contributed by atoms with Crippen LogP contribution in [0.1, 0.15) is 81.4 Å². The molecular weight excluding hydrogens is 464 g/mol. The molecule has 0 aromatic heterocycles. The molecule has 0 bridgehead atoms. The molecule has 1 aliphatic rings. The molecule has 1 N–H and O–H groups in total. The number of nitrogens with zero attached hydrogens (tertiary/aromatic N) is 2. The van der Waals surface area contributed by atoms with Crippen molar-refractivity contribution in [2.75, 3.05) is 32.7 Å². The number of quaternary nitrogens is 1. The minimum atomic E-state index is -1.23. The van der Waals surface area contributed by atoms with Crippen molar-refractivity contribution in [2.24, 2.45) is 5.92 Å². The van der Waals surface area contributed by atoms with Crippen LogP contribution in [0.3, 0.4) is 0 Å². The lowest BCUT2D eigenvalue weighted by atomic mass is 9.72. The van der Waals surface area contributed by atoms with Crippen LogP contribution >= 0.6 is 0 Å². The van der Waals surface area contributed by atoms with E-state index in [1.807, 2.05) is 76.2 Å². The van der Waals surface area contributed by atoms with E-state index in [-0.39, 0.29) is 17.9 Å². The van der Waals surface area contributed by atoms with Crippen molar-refractivity contribution in [3.8, 4) is 0 Å². The number of aliphatic hydroxyl groups is 1. The summed E-state index contributed by atoms with van der Waals surface area (Å²) in [5, 5.41) is 12.4. The van der Waals surface area contributed by atoms with Gasteiger partial charge in [0.15, 0.2) is 0 Å². The lowest BCUT2D eigenvalue weighted by Crippen LogP contribution is -2.52. The van der Waals surface area contributed by atoms with Gasteiger partial charge in [-0.05, 0) is 90.5 Å². The van der Waals surface area contributed by atoms with Gasteiger partial charge in [-0.3, -0.25) is 4.48 Å². The Morgan fingerprint density at radius 1 is 0.892 bits per heavy atom. The number of carbonyl (C=O) groups is 2. The topological polar surface area (TPSA) is 66.8 Å². The van der Waals surface area contributed by atoms with Gasteiger partial charge in [-0.1, -0.05) is 42.0 Å². The molecule has 1 atom stereocenters. The summed E-state index contributed by atoms with van der Waals surface area (Å²) in [6, 6.07) is 15.5. The van der Waals surface area contributed by atoms with Crippen molar-refractivity contribution < 1.29 is 23.9 Å². The number of hydrogen-bond donors (Lipinski definition) is 1. The summed E-state index contributed by atoms with van der Waals surface area (Å²) < 4.78 is 5.97. The zero-order valence-electron chi connectivity index (χ0n) is 23.7. The van der Waals surface area contributed by atoms with Gasteiger partial charge in [-0.25, -0.2) is 9.59 Å². The van der Waals surface area contributed by atoms with Crippen LogP contribution in [0.5, 0.6) is 0 Å². The summed E-state index contributed by atoms with van der Waals surface area (Å²) >= 11 is 0. The predicted molar refractivity (Wildman–Crippen MR) is 147 cm³/mol. The Kier molecular flexibility index (Phi) is 8.86. The maximum absolute atomic E-state index is 13.4. The van der Waals surface area contributed by atoms with E-state index in [9.17, 15) is 14.7 Å². The van der Waals surface area contributed by atoms with Crippen molar-refractivity contribution in [1.29, 1.82) is 0 Å². The minimum Gasteiger partial charge on any atom is -0.444 e. The van der Waals surface area contributed by atoms with E-state index in [0.29, 0.717) is 36.0 Å². The minimum absolute atomic E-state index is 0.0905. The SMILES string of the molecule is CC[N+](CC)(CC)C(=O)c1ccc(C(O)(c2ccc(C)cc2)C2CCN(C(=O)OC(C)(C)C)CC2)cc1. The molecule has 6 heteroatoms. The maximum Gasteiger partial charge on any atom is 0.410 e. The number of benzene rings is 2. The largest absolute Gasteiger partial charge is 0.444 e. The van der Waals surface area contributed by atoms with Crippen LogP contribution in [0.2, 0.25) is 0 Å². The third-order valence-electron chi connectivity index (χ3n) is 8.05. The Bertz CT molecular complexity index is 1050. The molecule has 0 radical (unpaired) electrons. The first kappa shape index (κ1) is 28.9. The van der Waals surface area contributed by atoms with Gasteiger partial charge in [0.05, 0.1) is 25.2 Å². The van der Waals surface area contributed by atoms with Crippen LogP contribution in [0.15, 0.2) is 48.5 Å². The molecule has 6 nitrogen and oxygen atoms in total. The second-order valence-electron chi connectivity index (χ2n) is 11.4. The summed E-state index contributed by atoms with van der Waals surface area (Å²) in [5.74, 6) is 0.0239. The molecule has 2 amide bonds. The van der Waals surface area contributed by atoms with Crippen molar-refractivity contribution in [1.82, 2.24) is 4.90 Å². The van der Waals surface area contributed by atoms with E-state index in [1.54, 1.807) is 4.90 Å². The third-order valence-corrected chi connectivity index (χ3v) is 8.05. The van der Waals surface area contributed by atoms with Gasteiger partial charge in [0.1, 0.15) is 11.2 Å². The lowest BCUT2D eigenvalue weighted by Gasteiger charge is -2.42. The quantitative estimate of drug-likeness (QED) is 0.472. The average Bonchev–Trinajstić information content (AvgIpc) is 2.89. The average molecular weight is 510 g/mol. The molecule has 1 fully saturated rings. The summed E-state index contributed by atoms with van der Waals surface area (Å²) in [4.78, 5) is 27.7. The molecule has 1 heterocycles. The van der Waals surface area contributed by atoms with E-state index in [2.05, 4.69) is 20.8 Å². The van der Waals surface area contributed by atoms with Crippen LogP contribution in [-0.2, 0) is 10.3 Å². The highest BCUT2D eigenvalue weighted by atomic mass is 16.6. The maximum atomic E-state index is 13.4. The molecule has 3 rings (SSSR count). The number of amides is 2. The summed E-state index contributed by atoms with van der Waals surface area (Å²) in [5.41, 5.74) is 1.61. The van der Waals surface area contributed by atoms with Crippen LogP contribution in [0.4, 0.5) is 4.79 Å². The van der Waals surface area contributed by atoms with E-state index < -0.39 is 11.2 Å². The highest BCUT2D eigenvalue weighted by Gasteiger charge is 2.43. The van der Waals surface area contributed by atoms with Gasteiger partial charge >= 0.3 is 12.0 Å². The van der Waals surface area contributed by atoms with E-state index >= 15 is 0 Å². The molecule has 202 valence electrons. The number of likely N-dealkylation sites (tertiary alicyclic amines) is 1. The molecule has 0 spiro atoms. The zero-order chi connectivity index (χ0) is 27.4. The Balaban J connectivity index is 1.92. The fourth-order valence-electron chi connectivity index (χ4n) is 5.49. The van der Waals surface area contributed by atoms with Gasteiger partial charge in [0, 0.05) is 13.1 Å². The molecule has 1 saturated heterocycles. The van der Waals surface area contributed by atoms with Gasteiger partial charge in [0.2, 0.25) is 0 Å². The van der Waals surface area contributed by atoms with E-state index in [4.69, 9.17) is 4.74 Å². The predicted octanol–water partition coefficient (Wildman–Crippen LogP) is 5.89. The molecule has 1 unspecified atom stereocenters. The molecular formula is C31H45N2O4+. The van der Waals surface area contributed by atoms with Crippen molar-refractivity contribution in [3.63, 3.8) is 0 Å². The zero-order valence-corrected chi connectivity index (χ0v) is 23.7. The number of rotatable bonds is 7. The van der Waals surface area contributed by atoms with Gasteiger partial charge in [-0.2, -0.15) is 0 Å². The first-order chi connectivity index (χ1) is 17.4. The lowest BCUT2D eigenvalue weighted by molar-refractivity contribution is -0.843. The number of aryl methyl sites for hydroxylation is 1. The van der Waals surface area contributed by atoms with Crippen molar-refractivity contribution in [2.45, 2.75) is 72.5 Å². The number of carbonyl (C=O) groups excluding carboxylic acids is 2. The highest BCUT2D eigenvalue weighted by Crippen LogP contribution is 2.42. The number of hydrogen-bond acceptors (Lipinski definition) is 4. The van der Waals surface area contributed by atoms with Crippen LogP contribution in [0, 0.1) is 12.8 Å². The molecule has 37 heavy (non-hydrogen) atoms. The highest BCUT2D eigenvalue weighted by molar-refractivity contribution is 5.89. The third kappa shape index (κ3) is 6.07. The Morgan fingerprint density at radius 2 is 1.35 bits per heavy atom. The van der Waals surface area contributed by atoms with Gasteiger partial charge < -0.3 is 14.7 Å². The van der Waals surface area contributed by atoms with Crippen LogP contribution in [0.25, 0.3) is 0 Å². The standard InChI is InChI=1S/C31H45N2O4/c1-8-33(9-2,10-3)28(34)24-13-17-26(18-14-24)31(36,25-15-11-23(4)12-16-25)27-19-21-32(22-20-27)29(35)37-30(5,6)7/h11-18,27,36H,8-10,19-22H2,1-7H3/q+1. The monoisotopic (exact) mass is 509 g/mol. The smallest absolute Gasteiger partial charge is 0.410 e. The van der Waals surface area contributed by atoms with Crippen LogP contribution in [-0.4, -0.2) is 64.8 Å². The molecule has 2 aromatic carbocycles. The van der Waals surface area contributed by atoms with Crippen molar-refractivity contribution in [3.05, 3.63) is 70.8 Å². The van der Waals surface area contributed by atoms with Crippen molar-refractivity contribution >= 4 is 12.0 Å². The fourth-order valence-corrected chi connectivity index (χ4v) is 5.49. The fraction of sp³-hybridized carbons (Fsp3) is 0.548. The molecule has 0 saturated carbocycles. The summed E-state index contributed by atoms with van der Waals surface area (Å²) in [6.07, 6.45) is 0.981. The molecule has 2 aromatic rings. The molecule has 0 aliphatic carbocycles. The second-order valence-corrected chi connectivity index (χ2v) is 11.4. The number of ether oxygens (including phenoxy) is 1. The van der Waals surface area contributed by atoms with E-state index in [1.165, 1.54) is 0 Å². The Morgan fingerprint density at radius 3 is 1.78 bits per heavy atom.